The molecular formula is C12H10N4O2. The van der Waals surface area contributed by atoms with E-state index in [-0.39, 0.29) is 5.91 Å². The van der Waals surface area contributed by atoms with Crippen molar-refractivity contribution in [3.8, 4) is 0 Å². The van der Waals surface area contributed by atoms with Gasteiger partial charge in [0.05, 0.1) is 0 Å². The zero-order valence-corrected chi connectivity index (χ0v) is 9.33. The van der Waals surface area contributed by atoms with Crippen molar-refractivity contribution in [2.24, 2.45) is 0 Å². The van der Waals surface area contributed by atoms with Gasteiger partial charge in [-0.2, -0.15) is 0 Å². The van der Waals surface area contributed by atoms with Crippen molar-refractivity contribution in [2.75, 3.05) is 5.43 Å². The van der Waals surface area contributed by atoms with Gasteiger partial charge in [0, 0.05) is 29.7 Å². The maximum Gasteiger partial charge on any atom is 0.269 e. The number of hydrogen-bond donors (Lipinski definition) is 2. The summed E-state index contributed by atoms with van der Waals surface area (Å²) in [7, 11) is 0. The van der Waals surface area contributed by atoms with Crippen molar-refractivity contribution >= 4 is 18.0 Å². The lowest BCUT2D eigenvalue weighted by molar-refractivity contribution is 0.0962. The molecular weight excluding hydrogens is 232 g/mol. The number of nitrogens with zero attached hydrogens (tertiary/aromatic N) is 2. The van der Waals surface area contributed by atoms with Gasteiger partial charge in [0.1, 0.15) is 12.1 Å². The molecule has 0 aliphatic carbocycles. The molecule has 0 unspecified atom stereocenters. The first-order valence-electron chi connectivity index (χ1n) is 5.17. The van der Waals surface area contributed by atoms with Crippen LogP contribution in [0.2, 0.25) is 0 Å². The normalized spacial score (nSPS) is 9.56. The van der Waals surface area contributed by atoms with Crippen molar-refractivity contribution in [1.82, 2.24) is 15.4 Å². The van der Waals surface area contributed by atoms with Crippen LogP contribution in [0.1, 0.15) is 20.7 Å². The monoisotopic (exact) mass is 242 g/mol. The van der Waals surface area contributed by atoms with Crippen molar-refractivity contribution in [2.45, 2.75) is 0 Å². The van der Waals surface area contributed by atoms with E-state index >= 15 is 0 Å². The summed E-state index contributed by atoms with van der Waals surface area (Å²) in [6.45, 7) is 0. The second kappa shape index (κ2) is 5.53. The third-order valence-corrected chi connectivity index (χ3v) is 2.17. The van der Waals surface area contributed by atoms with Crippen LogP contribution in [0, 0.1) is 0 Å². The second-order valence-electron chi connectivity index (χ2n) is 3.41. The Morgan fingerprint density at radius 1 is 1.17 bits per heavy atom. The second-order valence-corrected chi connectivity index (χ2v) is 3.41. The molecule has 1 amide bonds. The van der Waals surface area contributed by atoms with E-state index in [0.717, 1.165) is 0 Å². The minimum atomic E-state index is -0.310. The number of anilines is 1. The van der Waals surface area contributed by atoms with E-state index in [4.69, 9.17) is 0 Å². The number of nitrogens with one attached hydrogen (secondary N) is 2. The number of aldehydes is 1. The van der Waals surface area contributed by atoms with Crippen molar-refractivity contribution in [3.05, 3.63) is 54.0 Å². The number of hydrogen-bond acceptors (Lipinski definition) is 5. The molecule has 6 heteroatoms. The summed E-state index contributed by atoms with van der Waals surface area (Å²) in [5.74, 6) is 0.0812. The molecule has 0 aliphatic rings. The number of amides is 1. The molecule has 0 saturated heterocycles. The van der Waals surface area contributed by atoms with Crippen molar-refractivity contribution in [3.63, 3.8) is 0 Å². The van der Waals surface area contributed by atoms with Crippen LogP contribution >= 0.6 is 0 Å². The Morgan fingerprint density at radius 2 is 1.94 bits per heavy atom. The van der Waals surface area contributed by atoms with Crippen LogP contribution in [0.15, 0.2) is 42.9 Å². The molecule has 0 radical (unpaired) electrons. The molecule has 0 spiro atoms. The van der Waals surface area contributed by atoms with Gasteiger partial charge in [-0.3, -0.25) is 25.4 Å². The van der Waals surface area contributed by atoms with Gasteiger partial charge in [0.2, 0.25) is 0 Å². The number of carbonyl (C=O) groups excluding carboxylic acids is 2. The number of rotatable bonds is 4. The fourth-order valence-electron chi connectivity index (χ4n) is 1.28. The van der Waals surface area contributed by atoms with Gasteiger partial charge in [-0.05, 0) is 24.3 Å². The molecule has 2 N–H and O–H groups in total. The average molecular weight is 242 g/mol. The van der Waals surface area contributed by atoms with Crippen molar-refractivity contribution < 1.29 is 9.59 Å². The molecule has 2 heterocycles. The van der Waals surface area contributed by atoms with Crippen LogP contribution in [-0.4, -0.2) is 22.2 Å². The minimum Gasteiger partial charge on any atom is -0.298 e. The maximum absolute atomic E-state index is 11.7. The number of aromatic nitrogens is 2. The Hall–Kier alpha value is -2.76. The summed E-state index contributed by atoms with van der Waals surface area (Å²) in [4.78, 5) is 30.0. The molecule has 2 aromatic rings. The first kappa shape index (κ1) is 11.7. The zero-order chi connectivity index (χ0) is 12.8. The molecule has 0 aromatic carbocycles. The highest BCUT2D eigenvalue weighted by Gasteiger charge is 2.04. The maximum atomic E-state index is 11.7. The molecule has 2 aromatic heterocycles. The Labute approximate surface area is 103 Å². The largest absolute Gasteiger partial charge is 0.298 e. The summed E-state index contributed by atoms with van der Waals surface area (Å²) >= 11 is 0. The topological polar surface area (TPSA) is 84.0 Å². The van der Waals surface area contributed by atoms with E-state index in [2.05, 4.69) is 20.8 Å². The van der Waals surface area contributed by atoms with Gasteiger partial charge in [-0.15, -0.1) is 0 Å². The number of pyridine rings is 2. The van der Waals surface area contributed by atoms with Gasteiger partial charge in [0.15, 0.2) is 0 Å². The summed E-state index contributed by atoms with van der Waals surface area (Å²) < 4.78 is 0. The van der Waals surface area contributed by atoms with Crippen LogP contribution < -0.4 is 10.9 Å². The molecule has 6 nitrogen and oxygen atoms in total. The van der Waals surface area contributed by atoms with E-state index in [1.165, 1.54) is 24.7 Å². The predicted octanol–water partition coefficient (Wildman–Crippen LogP) is 1.05. The first-order valence-corrected chi connectivity index (χ1v) is 5.17. The third kappa shape index (κ3) is 2.88. The summed E-state index contributed by atoms with van der Waals surface area (Å²) in [6.07, 6.45) is 5.24. The van der Waals surface area contributed by atoms with Gasteiger partial charge in [0.25, 0.3) is 5.91 Å². The highest BCUT2D eigenvalue weighted by Crippen LogP contribution is 2.03. The molecule has 18 heavy (non-hydrogen) atoms. The molecule has 0 atom stereocenters. The summed E-state index contributed by atoms with van der Waals surface area (Å²) in [5.41, 5.74) is 6.05. The predicted molar refractivity (Wildman–Crippen MR) is 65.0 cm³/mol. The van der Waals surface area contributed by atoms with Gasteiger partial charge >= 0.3 is 0 Å². The van der Waals surface area contributed by atoms with E-state index in [9.17, 15) is 9.59 Å². The van der Waals surface area contributed by atoms with Crippen LogP contribution in [0.3, 0.4) is 0 Å². The van der Waals surface area contributed by atoms with Crippen LogP contribution in [0.25, 0.3) is 0 Å². The molecule has 0 aliphatic heterocycles. The third-order valence-electron chi connectivity index (χ3n) is 2.17. The highest BCUT2D eigenvalue weighted by molar-refractivity contribution is 5.94. The van der Waals surface area contributed by atoms with E-state index < -0.39 is 0 Å². The molecule has 90 valence electrons. The Morgan fingerprint density at radius 3 is 2.67 bits per heavy atom. The Kier molecular flexibility index (Phi) is 3.60. The molecule has 0 fully saturated rings. The molecule has 0 saturated carbocycles. The van der Waals surface area contributed by atoms with Gasteiger partial charge < -0.3 is 0 Å². The highest BCUT2D eigenvalue weighted by atomic mass is 16.2. The van der Waals surface area contributed by atoms with E-state index in [0.29, 0.717) is 23.2 Å². The standard InChI is InChI=1S/C12H10N4O2/c17-8-9-1-6-14-11(7-9)15-16-12(18)10-2-4-13-5-3-10/h1-8H,(H,14,15)(H,16,18). The number of hydrazine groups is 1. The fraction of sp³-hybridized carbons (Fsp3) is 0. The van der Waals surface area contributed by atoms with E-state index in [1.54, 1.807) is 18.2 Å². The SMILES string of the molecule is O=Cc1ccnc(NNC(=O)c2ccncc2)c1. The van der Waals surface area contributed by atoms with Gasteiger partial charge in [-0.1, -0.05) is 0 Å². The first-order chi connectivity index (χ1) is 8.79. The number of carbonyl (C=O) groups is 2. The van der Waals surface area contributed by atoms with Gasteiger partial charge in [-0.25, -0.2) is 4.98 Å². The lowest BCUT2D eigenvalue weighted by Crippen LogP contribution is -2.29. The van der Waals surface area contributed by atoms with E-state index in [1.807, 2.05) is 0 Å². The lowest BCUT2D eigenvalue weighted by Gasteiger charge is -2.07. The average Bonchev–Trinajstić information content (AvgIpc) is 2.46. The summed E-state index contributed by atoms with van der Waals surface area (Å²) in [6, 6.07) is 6.28. The lowest BCUT2D eigenvalue weighted by atomic mass is 10.2. The molecule has 2 rings (SSSR count). The van der Waals surface area contributed by atoms with Crippen LogP contribution in [-0.2, 0) is 0 Å². The minimum absolute atomic E-state index is 0.310. The summed E-state index contributed by atoms with van der Waals surface area (Å²) in [5, 5.41) is 0. The molecule has 0 bridgehead atoms. The fourth-order valence-corrected chi connectivity index (χ4v) is 1.28. The smallest absolute Gasteiger partial charge is 0.269 e. The Balaban J connectivity index is 1.99. The van der Waals surface area contributed by atoms with Crippen LogP contribution in [0.4, 0.5) is 5.82 Å². The van der Waals surface area contributed by atoms with Crippen LogP contribution in [0.5, 0.6) is 0 Å². The Bertz CT molecular complexity index is 557. The zero-order valence-electron chi connectivity index (χ0n) is 9.33. The quantitative estimate of drug-likeness (QED) is 0.618. The van der Waals surface area contributed by atoms with Crippen molar-refractivity contribution in [1.29, 1.82) is 0 Å².